The van der Waals surface area contributed by atoms with Crippen LogP contribution in [0.3, 0.4) is 0 Å². The zero-order valence-corrected chi connectivity index (χ0v) is 11.9. The summed E-state index contributed by atoms with van der Waals surface area (Å²) < 4.78 is 1.92. The van der Waals surface area contributed by atoms with Crippen molar-refractivity contribution < 1.29 is 4.79 Å². The van der Waals surface area contributed by atoms with E-state index in [9.17, 15) is 4.79 Å². The number of hydrogen-bond acceptors (Lipinski definition) is 3. The van der Waals surface area contributed by atoms with Crippen LogP contribution in [0.2, 0.25) is 0 Å². The molecule has 0 spiro atoms. The minimum Gasteiger partial charge on any atom is -0.349 e. The molecule has 0 fully saturated rings. The molecule has 106 valence electrons. The molecule has 1 aromatic rings. The molecule has 2 unspecified atom stereocenters. The molecule has 1 aliphatic carbocycles. The SMILES string of the molecule is CC(N)CCCC(=O)NC1CCCc2c1cnn2C. The first-order valence-corrected chi connectivity index (χ1v) is 7.13. The van der Waals surface area contributed by atoms with E-state index in [1.54, 1.807) is 0 Å². The van der Waals surface area contributed by atoms with Gasteiger partial charge < -0.3 is 11.1 Å². The fraction of sp³-hybridized carbons (Fsp3) is 0.714. The maximum Gasteiger partial charge on any atom is 0.220 e. The molecule has 19 heavy (non-hydrogen) atoms. The van der Waals surface area contributed by atoms with Crippen molar-refractivity contribution in [2.75, 3.05) is 0 Å². The molecule has 2 atom stereocenters. The zero-order valence-electron chi connectivity index (χ0n) is 11.9. The van der Waals surface area contributed by atoms with E-state index < -0.39 is 0 Å². The molecule has 0 saturated carbocycles. The number of fused-ring (bicyclic) bond motifs is 1. The first-order valence-electron chi connectivity index (χ1n) is 7.13. The van der Waals surface area contributed by atoms with E-state index in [2.05, 4.69) is 10.4 Å². The Morgan fingerprint density at radius 1 is 1.68 bits per heavy atom. The Bertz CT molecular complexity index is 439. The summed E-state index contributed by atoms with van der Waals surface area (Å²) in [6.07, 6.45) is 7.39. The Labute approximate surface area is 114 Å². The lowest BCUT2D eigenvalue weighted by Crippen LogP contribution is -2.31. The van der Waals surface area contributed by atoms with Crippen LogP contribution in [0.15, 0.2) is 6.20 Å². The average molecular weight is 264 g/mol. The molecule has 0 aromatic carbocycles. The van der Waals surface area contributed by atoms with Crippen molar-refractivity contribution in [2.24, 2.45) is 12.8 Å². The maximum atomic E-state index is 11.9. The van der Waals surface area contributed by atoms with Gasteiger partial charge in [0.05, 0.1) is 12.2 Å². The minimum atomic E-state index is 0.127. The van der Waals surface area contributed by atoms with Crippen LogP contribution in [-0.4, -0.2) is 21.7 Å². The molecule has 5 nitrogen and oxygen atoms in total. The topological polar surface area (TPSA) is 72.9 Å². The summed E-state index contributed by atoms with van der Waals surface area (Å²) in [5, 5.41) is 7.42. The number of aryl methyl sites for hydroxylation is 1. The lowest BCUT2D eigenvalue weighted by atomic mass is 9.93. The minimum absolute atomic E-state index is 0.127. The van der Waals surface area contributed by atoms with Crippen LogP contribution in [0.5, 0.6) is 0 Å². The highest BCUT2D eigenvalue weighted by Gasteiger charge is 2.24. The van der Waals surface area contributed by atoms with Crippen molar-refractivity contribution >= 4 is 5.91 Å². The van der Waals surface area contributed by atoms with Crippen molar-refractivity contribution in [3.05, 3.63) is 17.5 Å². The number of carbonyl (C=O) groups excluding carboxylic acids is 1. The number of aromatic nitrogens is 2. The van der Waals surface area contributed by atoms with Gasteiger partial charge in [0.15, 0.2) is 0 Å². The van der Waals surface area contributed by atoms with Crippen molar-refractivity contribution in [3.8, 4) is 0 Å². The third-order valence-electron chi connectivity index (χ3n) is 3.77. The maximum absolute atomic E-state index is 11.9. The molecule has 0 bridgehead atoms. The quantitative estimate of drug-likeness (QED) is 0.845. The third kappa shape index (κ3) is 3.56. The summed E-state index contributed by atoms with van der Waals surface area (Å²) in [7, 11) is 1.96. The second-order valence-electron chi connectivity index (χ2n) is 5.55. The van der Waals surface area contributed by atoms with Crippen molar-refractivity contribution in [1.29, 1.82) is 0 Å². The Kier molecular flexibility index (Phi) is 4.58. The van der Waals surface area contributed by atoms with Crippen LogP contribution in [0, 0.1) is 0 Å². The molecule has 1 heterocycles. The number of rotatable bonds is 5. The van der Waals surface area contributed by atoms with Crippen LogP contribution >= 0.6 is 0 Å². The summed E-state index contributed by atoms with van der Waals surface area (Å²) >= 11 is 0. The van der Waals surface area contributed by atoms with E-state index in [-0.39, 0.29) is 18.0 Å². The number of nitrogens with zero attached hydrogens (tertiary/aromatic N) is 2. The van der Waals surface area contributed by atoms with Gasteiger partial charge in [-0.1, -0.05) is 0 Å². The molecular formula is C14H24N4O. The molecule has 0 aliphatic heterocycles. The molecule has 3 N–H and O–H groups in total. The first-order chi connectivity index (χ1) is 9.08. The normalized spacial score (nSPS) is 19.8. The number of carbonyl (C=O) groups is 1. The molecule has 2 rings (SSSR count). The van der Waals surface area contributed by atoms with Crippen LogP contribution < -0.4 is 11.1 Å². The summed E-state index contributed by atoms with van der Waals surface area (Å²) in [6.45, 7) is 1.97. The third-order valence-corrected chi connectivity index (χ3v) is 3.77. The largest absolute Gasteiger partial charge is 0.349 e. The van der Waals surface area contributed by atoms with Crippen LogP contribution in [0.4, 0.5) is 0 Å². The van der Waals surface area contributed by atoms with Gasteiger partial charge in [0.2, 0.25) is 5.91 Å². The van der Waals surface area contributed by atoms with E-state index in [1.165, 1.54) is 11.3 Å². The Morgan fingerprint density at radius 3 is 3.21 bits per heavy atom. The zero-order chi connectivity index (χ0) is 13.8. The second-order valence-corrected chi connectivity index (χ2v) is 5.55. The lowest BCUT2D eigenvalue weighted by Gasteiger charge is -2.23. The van der Waals surface area contributed by atoms with Crippen molar-refractivity contribution in [2.45, 2.75) is 57.5 Å². The van der Waals surface area contributed by atoms with Gasteiger partial charge in [-0.2, -0.15) is 5.10 Å². The summed E-state index contributed by atoms with van der Waals surface area (Å²) in [4.78, 5) is 11.9. The van der Waals surface area contributed by atoms with E-state index in [0.717, 1.165) is 32.1 Å². The first kappa shape index (κ1) is 14.1. The Morgan fingerprint density at radius 2 is 2.47 bits per heavy atom. The molecular weight excluding hydrogens is 240 g/mol. The summed E-state index contributed by atoms with van der Waals surface area (Å²) in [6, 6.07) is 0.313. The van der Waals surface area contributed by atoms with Gasteiger partial charge in [-0.15, -0.1) is 0 Å². The highest BCUT2D eigenvalue weighted by Crippen LogP contribution is 2.29. The van der Waals surface area contributed by atoms with E-state index in [4.69, 9.17) is 5.73 Å². The predicted octanol–water partition coefficient (Wildman–Crippen LogP) is 1.43. The van der Waals surface area contributed by atoms with Gasteiger partial charge in [-0.3, -0.25) is 9.48 Å². The van der Waals surface area contributed by atoms with Crippen LogP contribution in [-0.2, 0) is 18.3 Å². The standard InChI is InChI=1S/C14H24N4O/c1-10(15)5-3-8-14(19)17-12-6-4-7-13-11(12)9-16-18(13)2/h9-10,12H,3-8,15H2,1-2H3,(H,17,19). The fourth-order valence-corrected chi connectivity index (χ4v) is 2.71. The van der Waals surface area contributed by atoms with Gasteiger partial charge >= 0.3 is 0 Å². The lowest BCUT2D eigenvalue weighted by molar-refractivity contribution is -0.122. The highest BCUT2D eigenvalue weighted by atomic mass is 16.1. The van der Waals surface area contributed by atoms with Crippen molar-refractivity contribution in [1.82, 2.24) is 15.1 Å². The Balaban J connectivity index is 1.88. The van der Waals surface area contributed by atoms with Crippen LogP contribution in [0.1, 0.15) is 56.3 Å². The average Bonchev–Trinajstić information content (AvgIpc) is 2.72. The number of nitrogens with two attached hydrogens (primary N) is 1. The fourth-order valence-electron chi connectivity index (χ4n) is 2.71. The van der Waals surface area contributed by atoms with Gasteiger partial charge in [0.1, 0.15) is 0 Å². The Hall–Kier alpha value is -1.36. The molecule has 1 aliphatic rings. The predicted molar refractivity (Wildman–Crippen MR) is 74.5 cm³/mol. The van der Waals surface area contributed by atoms with Gasteiger partial charge in [-0.25, -0.2) is 0 Å². The number of amides is 1. The number of hydrogen-bond donors (Lipinski definition) is 2. The molecule has 0 saturated heterocycles. The van der Waals surface area contributed by atoms with Gasteiger partial charge in [-0.05, 0) is 39.0 Å². The summed E-state index contributed by atoms with van der Waals surface area (Å²) in [5.74, 6) is 0.127. The van der Waals surface area contributed by atoms with E-state index >= 15 is 0 Å². The number of nitrogens with one attached hydrogen (secondary N) is 1. The second kappa shape index (κ2) is 6.19. The molecule has 1 amide bonds. The molecule has 0 radical (unpaired) electrons. The highest BCUT2D eigenvalue weighted by molar-refractivity contribution is 5.76. The van der Waals surface area contributed by atoms with E-state index in [1.807, 2.05) is 24.9 Å². The molecule has 5 heteroatoms. The van der Waals surface area contributed by atoms with Crippen LogP contribution in [0.25, 0.3) is 0 Å². The van der Waals surface area contributed by atoms with Crippen molar-refractivity contribution in [3.63, 3.8) is 0 Å². The molecule has 1 aromatic heterocycles. The monoisotopic (exact) mass is 264 g/mol. The van der Waals surface area contributed by atoms with Gasteiger partial charge in [0.25, 0.3) is 0 Å². The van der Waals surface area contributed by atoms with Gasteiger partial charge in [0, 0.05) is 30.8 Å². The summed E-state index contributed by atoms with van der Waals surface area (Å²) in [5.41, 5.74) is 8.13. The smallest absolute Gasteiger partial charge is 0.220 e. The van der Waals surface area contributed by atoms with E-state index in [0.29, 0.717) is 6.42 Å².